The maximum absolute atomic E-state index is 12.8. The van der Waals surface area contributed by atoms with Crippen LogP contribution >= 0.6 is 0 Å². The van der Waals surface area contributed by atoms with Gasteiger partial charge in [0.1, 0.15) is 6.04 Å². The summed E-state index contributed by atoms with van der Waals surface area (Å²) in [6.07, 6.45) is 3.86. The van der Waals surface area contributed by atoms with Gasteiger partial charge in [-0.05, 0) is 68.9 Å². The Morgan fingerprint density at radius 1 is 0.977 bits per heavy atom. The zero-order valence-corrected chi connectivity index (χ0v) is 25.2. The van der Waals surface area contributed by atoms with Crippen LogP contribution in [0.1, 0.15) is 75.4 Å². The Morgan fingerprint density at radius 2 is 1.65 bits per heavy atom. The van der Waals surface area contributed by atoms with Crippen molar-refractivity contribution in [3.8, 4) is 0 Å². The summed E-state index contributed by atoms with van der Waals surface area (Å²) in [7, 11) is 0. The summed E-state index contributed by atoms with van der Waals surface area (Å²) >= 11 is 0. The average molecular weight is 594 g/mol. The first-order chi connectivity index (χ1) is 20.4. The Hall–Kier alpha value is -4.61. The summed E-state index contributed by atoms with van der Waals surface area (Å²) in [5.41, 5.74) is 1.47. The van der Waals surface area contributed by atoms with Crippen LogP contribution in [0.3, 0.4) is 0 Å². The minimum absolute atomic E-state index is 0.0230. The molecule has 0 aliphatic carbocycles. The molecule has 3 N–H and O–H groups in total. The van der Waals surface area contributed by atoms with Crippen LogP contribution < -0.4 is 16.2 Å². The first-order valence-electron chi connectivity index (χ1n) is 14.3. The predicted octanol–water partition coefficient (Wildman–Crippen LogP) is 3.48. The molecule has 0 unspecified atom stereocenters. The first kappa shape index (κ1) is 32.9. The molecule has 0 aliphatic heterocycles. The highest BCUT2D eigenvalue weighted by molar-refractivity contribution is 5.97. The van der Waals surface area contributed by atoms with E-state index in [0.29, 0.717) is 17.4 Å². The van der Waals surface area contributed by atoms with Crippen LogP contribution in [-0.4, -0.2) is 58.0 Å². The van der Waals surface area contributed by atoms with Gasteiger partial charge in [0.25, 0.3) is 11.5 Å². The number of rotatable bonds is 13. The third-order valence-corrected chi connectivity index (χ3v) is 6.50. The average Bonchev–Trinajstić information content (AvgIpc) is 2.95. The van der Waals surface area contributed by atoms with Gasteiger partial charge in [-0.2, -0.15) is 4.98 Å². The van der Waals surface area contributed by atoms with Gasteiger partial charge >= 0.3 is 11.9 Å². The lowest BCUT2D eigenvalue weighted by Gasteiger charge is -2.17. The van der Waals surface area contributed by atoms with Crippen LogP contribution in [0.25, 0.3) is 11.0 Å². The maximum atomic E-state index is 12.8. The molecule has 0 radical (unpaired) electrons. The highest BCUT2D eigenvalue weighted by atomic mass is 16.5. The fourth-order valence-electron chi connectivity index (χ4n) is 4.10. The number of hydrogen-bond acceptors (Lipinski definition) is 9. The molecule has 2 heterocycles. The van der Waals surface area contributed by atoms with Gasteiger partial charge in [-0.15, -0.1) is 0 Å². The third kappa shape index (κ3) is 9.73. The molecule has 12 nitrogen and oxygen atoms in total. The molecule has 230 valence electrons. The minimum Gasteiger partial charge on any atom is -0.466 e. The summed E-state index contributed by atoms with van der Waals surface area (Å²) in [4.78, 5) is 72.9. The van der Waals surface area contributed by atoms with Crippen LogP contribution in [0.4, 0.5) is 5.95 Å². The third-order valence-electron chi connectivity index (χ3n) is 6.50. The van der Waals surface area contributed by atoms with Gasteiger partial charge in [0.15, 0.2) is 5.65 Å². The van der Waals surface area contributed by atoms with Crippen molar-refractivity contribution in [1.29, 1.82) is 0 Å². The van der Waals surface area contributed by atoms with E-state index < -0.39 is 29.3 Å². The number of nitrogens with one attached hydrogen (secondary N) is 3. The number of carbonyl (C=O) groups excluding carboxylic acids is 4. The van der Waals surface area contributed by atoms with E-state index in [1.165, 1.54) is 0 Å². The standard InChI is InChI=1S/C31H39N5O7/c1-6-42-24(37)16-15-23(28(40)43-7-2)33-26(38)21-13-11-19(12-14-21)9-8-10-20-17-22-25(32-18-20)34-30(35-27(22)39)36-29(41)31(3,4)5/h11-14,17-18,23H,6-10,15-16H2,1-5H3,(H,33,38)(H2,32,34,35,36,39,41)/t23-/m1/s1. The summed E-state index contributed by atoms with van der Waals surface area (Å²) in [5, 5.41) is 5.61. The van der Waals surface area contributed by atoms with E-state index in [0.717, 1.165) is 24.0 Å². The number of pyridine rings is 1. The van der Waals surface area contributed by atoms with Crippen LogP contribution in [0.5, 0.6) is 0 Å². The molecule has 0 aliphatic rings. The van der Waals surface area contributed by atoms with Gasteiger partial charge in [0.05, 0.1) is 18.6 Å². The van der Waals surface area contributed by atoms with Crippen molar-refractivity contribution in [3.63, 3.8) is 0 Å². The topological polar surface area (TPSA) is 169 Å². The summed E-state index contributed by atoms with van der Waals surface area (Å²) in [6, 6.07) is 7.82. The summed E-state index contributed by atoms with van der Waals surface area (Å²) < 4.78 is 9.95. The van der Waals surface area contributed by atoms with Crippen LogP contribution in [0.15, 0.2) is 41.3 Å². The number of amides is 2. The van der Waals surface area contributed by atoms with Crippen molar-refractivity contribution in [2.24, 2.45) is 5.41 Å². The number of aryl methyl sites for hydroxylation is 2. The number of carbonyl (C=O) groups is 4. The number of H-pyrrole nitrogens is 1. The Labute approximate surface area is 250 Å². The number of aromatic nitrogens is 3. The van der Waals surface area contributed by atoms with E-state index in [4.69, 9.17) is 9.47 Å². The molecule has 3 aromatic rings. The number of benzene rings is 1. The van der Waals surface area contributed by atoms with Crippen molar-refractivity contribution < 1.29 is 28.7 Å². The molecular weight excluding hydrogens is 554 g/mol. The Bertz CT molecular complexity index is 1510. The second-order valence-corrected chi connectivity index (χ2v) is 11.0. The molecular formula is C31H39N5O7. The molecule has 0 saturated heterocycles. The van der Waals surface area contributed by atoms with E-state index >= 15 is 0 Å². The lowest BCUT2D eigenvalue weighted by atomic mass is 9.96. The van der Waals surface area contributed by atoms with Gasteiger partial charge in [0, 0.05) is 23.6 Å². The largest absolute Gasteiger partial charge is 0.466 e. The number of ether oxygens (including phenoxy) is 2. The fourth-order valence-corrected chi connectivity index (χ4v) is 4.10. The Morgan fingerprint density at radius 3 is 2.30 bits per heavy atom. The highest BCUT2D eigenvalue weighted by Gasteiger charge is 2.24. The first-order valence-corrected chi connectivity index (χ1v) is 14.3. The quantitative estimate of drug-likeness (QED) is 0.251. The smallest absolute Gasteiger partial charge is 0.328 e. The molecule has 1 aromatic carbocycles. The van der Waals surface area contributed by atoms with Crippen molar-refractivity contribution in [1.82, 2.24) is 20.3 Å². The minimum atomic E-state index is -0.969. The van der Waals surface area contributed by atoms with Crippen molar-refractivity contribution in [2.75, 3.05) is 18.5 Å². The number of fused-ring (bicyclic) bond motifs is 1. The lowest BCUT2D eigenvalue weighted by molar-refractivity contribution is -0.146. The molecule has 3 rings (SSSR count). The molecule has 2 amide bonds. The van der Waals surface area contributed by atoms with Gasteiger partial charge < -0.3 is 14.8 Å². The predicted molar refractivity (Wildman–Crippen MR) is 160 cm³/mol. The second-order valence-electron chi connectivity index (χ2n) is 11.0. The maximum Gasteiger partial charge on any atom is 0.328 e. The van der Waals surface area contributed by atoms with Gasteiger partial charge in [-0.1, -0.05) is 32.9 Å². The van der Waals surface area contributed by atoms with E-state index in [-0.39, 0.29) is 49.1 Å². The molecule has 0 spiro atoms. The number of aromatic amines is 1. The number of anilines is 1. The monoisotopic (exact) mass is 593 g/mol. The number of esters is 2. The number of nitrogens with zero attached hydrogens (tertiary/aromatic N) is 2. The molecule has 12 heteroatoms. The highest BCUT2D eigenvalue weighted by Crippen LogP contribution is 2.17. The summed E-state index contributed by atoms with van der Waals surface area (Å²) in [5.74, 6) is -1.72. The molecule has 0 bridgehead atoms. The van der Waals surface area contributed by atoms with E-state index in [1.54, 1.807) is 59.0 Å². The zero-order chi connectivity index (χ0) is 31.6. The summed E-state index contributed by atoms with van der Waals surface area (Å²) in [6.45, 7) is 9.04. The normalized spacial score (nSPS) is 11.9. The Balaban J connectivity index is 1.57. The van der Waals surface area contributed by atoms with Gasteiger partial charge in [0.2, 0.25) is 11.9 Å². The van der Waals surface area contributed by atoms with E-state index in [2.05, 4.69) is 25.6 Å². The second kappa shape index (κ2) is 15.0. The van der Waals surface area contributed by atoms with Crippen LogP contribution in [0.2, 0.25) is 0 Å². The molecule has 1 atom stereocenters. The zero-order valence-electron chi connectivity index (χ0n) is 25.2. The Kier molecular flexibility index (Phi) is 11.5. The van der Waals surface area contributed by atoms with E-state index in [9.17, 15) is 24.0 Å². The van der Waals surface area contributed by atoms with Crippen LogP contribution in [-0.2, 0) is 36.7 Å². The van der Waals surface area contributed by atoms with Crippen molar-refractivity contribution >= 4 is 40.7 Å². The van der Waals surface area contributed by atoms with Crippen molar-refractivity contribution in [2.45, 2.75) is 72.8 Å². The van der Waals surface area contributed by atoms with Crippen molar-refractivity contribution in [3.05, 3.63) is 63.6 Å². The number of hydrogen-bond donors (Lipinski definition) is 3. The molecule has 2 aromatic heterocycles. The SMILES string of the molecule is CCOC(=O)CC[C@@H](NC(=O)c1ccc(CCCc2cnc3nc(NC(=O)C(C)(C)C)[nH]c(=O)c3c2)cc1)C(=O)OCC. The lowest BCUT2D eigenvalue weighted by Crippen LogP contribution is -2.42. The van der Waals surface area contributed by atoms with Gasteiger partial charge in [-0.3, -0.25) is 29.5 Å². The van der Waals surface area contributed by atoms with Crippen LogP contribution in [0, 0.1) is 5.41 Å². The van der Waals surface area contributed by atoms with Gasteiger partial charge in [-0.25, -0.2) is 9.78 Å². The van der Waals surface area contributed by atoms with E-state index in [1.807, 2.05) is 12.1 Å². The molecule has 0 saturated carbocycles. The fraction of sp³-hybridized carbons (Fsp3) is 0.452. The molecule has 43 heavy (non-hydrogen) atoms. The molecule has 0 fully saturated rings.